The number of nitrogens with zero attached hydrogens (tertiary/aromatic N) is 1. The van der Waals surface area contributed by atoms with Gasteiger partial charge in [-0.25, -0.2) is 8.78 Å². The first-order chi connectivity index (χ1) is 14.1. The Hall–Kier alpha value is -2.88. The van der Waals surface area contributed by atoms with Crippen LogP contribution < -0.4 is 9.47 Å². The molecule has 1 aliphatic heterocycles. The number of ether oxygens (including phenoxy) is 2. The van der Waals surface area contributed by atoms with Crippen LogP contribution in [-0.2, 0) is 11.3 Å². The Labute approximate surface area is 168 Å². The Kier molecular flexibility index (Phi) is 6.16. The van der Waals surface area contributed by atoms with Gasteiger partial charge in [0.15, 0.2) is 0 Å². The molecule has 5 nitrogen and oxygen atoms in total. The van der Waals surface area contributed by atoms with Crippen LogP contribution in [0.2, 0.25) is 0 Å². The van der Waals surface area contributed by atoms with Crippen LogP contribution in [-0.4, -0.2) is 35.0 Å². The fourth-order valence-corrected chi connectivity index (χ4v) is 3.40. The minimum atomic E-state index is -4.84. The highest BCUT2D eigenvalue weighted by molar-refractivity contribution is 5.83. The Morgan fingerprint density at radius 2 is 1.83 bits per heavy atom. The number of carbonyl (C=O) groups excluding carboxylic acids is 1. The topological polar surface area (TPSA) is 59.0 Å². The number of halogens is 5. The van der Waals surface area contributed by atoms with Gasteiger partial charge in [0, 0.05) is 25.1 Å². The molecule has 0 aliphatic carbocycles. The standard InChI is InChI=1S/C20H18F5NO4/c1-2-29-17-8-12(21)7-14(22)18(17)15-9-16(27)19(28)26(15)10-11-3-5-13(6-4-11)30-20(23,24)25/h3-8,15-16,27H,2,9-10H2,1H3/t15-,16+/m0/s1. The number of alkyl halides is 3. The van der Waals surface area contributed by atoms with E-state index in [-0.39, 0.29) is 30.9 Å². The predicted molar refractivity (Wildman–Crippen MR) is 94.6 cm³/mol. The summed E-state index contributed by atoms with van der Waals surface area (Å²) >= 11 is 0. The maximum absolute atomic E-state index is 14.6. The Balaban J connectivity index is 1.89. The average Bonchev–Trinajstić information content (AvgIpc) is 2.90. The van der Waals surface area contributed by atoms with Crippen LogP contribution in [0.5, 0.6) is 11.5 Å². The van der Waals surface area contributed by atoms with Crippen molar-refractivity contribution in [3.63, 3.8) is 0 Å². The van der Waals surface area contributed by atoms with E-state index in [1.165, 1.54) is 17.0 Å². The molecule has 1 aliphatic rings. The molecular weight excluding hydrogens is 413 g/mol. The number of aliphatic hydroxyl groups excluding tert-OH is 1. The molecule has 162 valence electrons. The van der Waals surface area contributed by atoms with Crippen molar-refractivity contribution >= 4 is 5.91 Å². The first kappa shape index (κ1) is 21.8. The van der Waals surface area contributed by atoms with Gasteiger partial charge in [-0.15, -0.1) is 13.2 Å². The van der Waals surface area contributed by atoms with Gasteiger partial charge in [0.1, 0.15) is 29.2 Å². The second kappa shape index (κ2) is 8.47. The molecule has 2 aromatic carbocycles. The molecule has 1 saturated heterocycles. The highest BCUT2D eigenvalue weighted by Gasteiger charge is 2.42. The highest BCUT2D eigenvalue weighted by Crippen LogP contribution is 2.41. The molecule has 30 heavy (non-hydrogen) atoms. The normalized spacial score (nSPS) is 19.3. The lowest BCUT2D eigenvalue weighted by molar-refractivity contribution is -0.274. The molecule has 1 amide bonds. The first-order valence-electron chi connectivity index (χ1n) is 9.04. The summed E-state index contributed by atoms with van der Waals surface area (Å²) in [4.78, 5) is 13.6. The van der Waals surface area contributed by atoms with E-state index in [0.717, 1.165) is 18.2 Å². The number of amides is 1. The molecule has 0 radical (unpaired) electrons. The van der Waals surface area contributed by atoms with E-state index in [1.54, 1.807) is 6.92 Å². The molecule has 2 atom stereocenters. The number of benzene rings is 2. The van der Waals surface area contributed by atoms with Gasteiger partial charge in [0.2, 0.25) is 0 Å². The summed E-state index contributed by atoms with van der Waals surface area (Å²) in [7, 11) is 0. The molecular formula is C20H18F5NO4. The second-order valence-electron chi connectivity index (χ2n) is 6.66. The molecule has 10 heteroatoms. The van der Waals surface area contributed by atoms with Gasteiger partial charge in [-0.2, -0.15) is 0 Å². The zero-order valence-corrected chi connectivity index (χ0v) is 15.7. The largest absolute Gasteiger partial charge is 0.573 e. The van der Waals surface area contributed by atoms with Crippen LogP contribution in [0.15, 0.2) is 36.4 Å². The van der Waals surface area contributed by atoms with Crippen LogP contribution in [0.25, 0.3) is 0 Å². The molecule has 0 aromatic heterocycles. The predicted octanol–water partition coefficient (Wildman–Crippen LogP) is 4.10. The number of carbonyl (C=O) groups is 1. The van der Waals surface area contributed by atoms with Crippen LogP contribution in [0.3, 0.4) is 0 Å². The zero-order valence-electron chi connectivity index (χ0n) is 15.7. The van der Waals surface area contributed by atoms with E-state index in [2.05, 4.69) is 4.74 Å². The molecule has 0 spiro atoms. The van der Waals surface area contributed by atoms with E-state index in [1.807, 2.05) is 0 Å². The van der Waals surface area contributed by atoms with Crippen LogP contribution in [0, 0.1) is 11.6 Å². The number of likely N-dealkylation sites (tertiary alicyclic amines) is 1. The zero-order chi connectivity index (χ0) is 22.1. The van der Waals surface area contributed by atoms with Crippen molar-refractivity contribution in [3.8, 4) is 11.5 Å². The van der Waals surface area contributed by atoms with Crippen molar-refractivity contribution in [2.75, 3.05) is 6.61 Å². The van der Waals surface area contributed by atoms with Crippen molar-refractivity contribution in [1.29, 1.82) is 0 Å². The van der Waals surface area contributed by atoms with Gasteiger partial charge in [0.05, 0.1) is 18.2 Å². The quantitative estimate of drug-likeness (QED) is 0.700. The summed E-state index contributed by atoms with van der Waals surface area (Å²) in [6, 6.07) is 5.52. The fraction of sp³-hybridized carbons (Fsp3) is 0.350. The fourth-order valence-electron chi connectivity index (χ4n) is 3.40. The summed E-state index contributed by atoms with van der Waals surface area (Å²) in [5, 5.41) is 10.0. The average molecular weight is 431 g/mol. The maximum Gasteiger partial charge on any atom is 0.573 e. The van der Waals surface area contributed by atoms with Gasteiger partial charge in [-0.05, 0) is 24.6 Å². The lowest BCUT2D eigenvalue weighted by atomic mass is 10.0. The number of rotatable bonds is 6. The van der Waals surface area contributed by atoms with Crippen LogP contribution >= 0.6 is 0 Å². The van der Waals surface area contributed by atoms with Crippen molar-refractivity contribution in [2.24, 2.45) is 0 Å². The Bertz CT molecular complexity index is 917. The van der Waals surface area contributed by atoms with Gasteiger partial charge >= 0.3 is 6.36 Å². The van der Waals surface area contributed by atoms with Gasteiger partial charge < -0.3 is 19.5 Å². The van der Waals surface area contributed by atoms with E-state index in [0.29, 0.717) is 11.6 Å². The van der Waals surface area contributed by atoms with Crippen LogP contribution in [0.1, 0.15) is 30.5 Å². The molecule has 1 heterocycles. The Morgan fingerprint density at radius 3 is 2.43 bits per heavy atom. The second-order valence-corrected chi connectivity index (χ2v) is 6.66. The third-order valence-corrected chi connectivity index (χ3v) is 4.59. The van der Waals surface area contributed by atoms with Gasteiger partial charge in [-0.1, -0.05) is 12.1 Å². The SMILES string of the molecule is CCOc1cc(F)cc(F)c1[C@@H]1C[C@@H](O)C(=O)N1Cc1ccc(OC(F)(F)F)cc1. The third-order valence-electron chi connectivity index (χ3n) is 4.59. The minimum absolute atomic E-state index is 0.0693. The summed E-state index contributed by atoms with van der Waals surface area (Å²) in [5.74, 6) is -2.97. The van der Waals surface area contributed by atoms with E-state index >= 15 is 0 Å². The van der Waals surface area contributed by atoms with Crippen molar-refractivity contribution in [2.45, 2.75) is 38.4 Å². The van der Waals surface area contributed by atoms with Crippen molar-refractivity contribution in [3.05, 3.63) is 59.2 Å². The third kappa shape index (κ3) is 4.81. The van der Waals surface area contributed by atoms with Crippen LogP contribution in [0.4, 0.5) is 22.0 Å². The summed E-state index contributed by atoms with van der Waals surface area (Å²) < 4.78 is 74.2. The Morgan fingerprint density at radius 1 is 1.17 bits per heavy atom. The smallest absolute Gasteiger partial charge is 0.493 e. The lowest BCUT2D eigenvalue weighted by Crippen LogP contribution is -2.31. The van der Waals surface area contributed by atoms with E-state index < -0.39 is 41.8 Å². The maximum atomic E-state index is 14.6. The van der Waals surface area contributed by atoms with Gasteiger partial charge in [0.25, 0.3) is 5.91 Å². The number of aliphatic hydroxyl groups is 1. The number of hydrogen-bond acceptors (Lipinski definition) is 4. The van der Waals surface area contributed by atoms with E-state index in [4.69, 9.17) is 4.74 Å². The monoisotopic (exact) mass is 431 g/mol. The first-order valence-corrected chi connectivity index (χ1v) is 9.04. The lowest BCUT2D eigenvalue weighted by Gasteiger charge is -2.27. The van der Waals surface area contributed by atoms with Gasteiger partial charge in [-0.3, -0.25) is 4.79 Å². The van der Waals surface area contributed by atoms with Crippen molar-refractivity contribution in [1.82, 2.24) is 4.90 Å². The summed E-state index contributed by atoms with van der Waals surface area (Å²) in [5.41, 5.74) is 0.359. The molecule has 0 bridgehead atoms. The molecule has 0 unspecified atom stereocenters. The molecule has 3 rings (SSSR count). The summed E-state index contributed by atoms with van der Waals surface area (Å²) in [6.07, 6.45) is -6.38. The highest BCUT2D eigenvalue weighted by atomic mass is 19.4. The summed E-state index contributed by atoms with van der Waals surface area (Å²) in [6.45, 7) is 1.64. The van der Waals surface area contributed by atoms with E-state index in [9.17, 15) is 31.9 Å². The molecule has 1 fully saturated rings. The number of hydrogen-bond donors (Lipinski definition) is 1. The van der Waals surface area contributed by atoms with Crippen molar-refractivity contribution < 1.29 is 41.3 Å². The molecule has 2 aromatic rings. The minimum Gasteiger partial charge on any atom is -0.493 e. The molecule has 0 saturated carbocycles. The molecule has 1 N–H and O–H groups in total.